The SMILES string of the molecule is CCNC(=NCc1cccc(C)c1)NCCc1ccco1.I. The number of rotatable bonds is 6. The number of guanidine groups is 1. The molecule has 2 aromatic rings. The quantitative estimate of drug-likeness (QED) is 0.433. The molecule has 0 radical (unpaired) electrons. The number of halogens is 1. The summed E-state index contributed by atoms with van der Waals surface area (Å²) in [6, 6.07) is 12.3. The lowest BCUT2D eigenvalue weighted by Gasteiger charge is -2.10. The van der Waals surface area contributed by atoms with Crippen molar-refractivity contribution in [1.29, 1.82) is 0 Å². The molecule has 2 rings (SSSR count). The van der Waals surface area contributed by atoms with Gasteiger partial charge in [-0.3, -0.25) is 0 Å². The first-order valence-corrected chi connectivity index (χ1v) is 7.38. The first-order valence-electron chi connectivity index (χ1n) is 7.38. The van der Waals surface area contributed by atoms with E-state index in [0.29, 0.717) is 6.54 Å². The van der Waals surface area contributed by atoms with Gasteiger partial charge >= 0.3 is 0 Å². The van der Waals surface area contributed by atoms with E-state index >= 15 is 0 Å². The molecule has 0 aliphatic heterocycles. The number of furan rings is 1. The van der Waals surface area contributed by atoms with Crippen LogP contribution in [0.1, 0.15) is 23.8 Å². The highest BCUT2D eigenvalue weighted by molar-refractivity contribution is 14.0. The van der Waals surface area contributed by atoms with E-state index in [1.165, 1.54) is 11.1 Å². The molecule has 5 heteroatoms. The average molecular weight is 413 g/mol. The van der Waals surface area contributed by atoms with Crippen molar-refractivity contribution in [2.45, 2.75) is 26.8 Å². The first kappa shape index (κ1) is 18.5. The molecule has 1 heterocycles. The summed E-state index contributed by atoms with van der Waals surface area (Å²) in [6.45, 7) is 6.49. The molecule has 120 valence electrons. The zero-order chi connectivity index (χ0) is 14.9. The van der Waals surface area contributed by atoms with Crippen LogP contribution in [-0.2, 0) is 13.0 Å². The van der Waals surface area contributed by atoms with Crippen LogP contribution in [0.3, 0.4) is 0 Å². The molecule has 1 aromatic carbocycles. The van der Waals surface area contributed by atoms with Crippen LogP contribution in [0.4, 0.5) is 0 Å². The molecular weight excluding hydrogens is 389 g/mol. The maximum Gasteiger partial charge on any atom is 0.191 e. The molecule has 0 amide bonds. The Morgan fingerprint density at radius 3 is 2.73 bits per heavy atom. The molecule has 0 saturated heterocycles. The number of nitrogens with zero attached hydrogens (tertiary/aromatic N) is 1. The van der Waals surface area contributed by atoms with E-state index in [-0.39, 0.29) is 24.0 Å². The van der Waals surface area contributed by atoms with Crippen molar-refractivity contribution in [3.05, 3.63) is 59.5 Å². The summed E-state index contributed by atoms with van der Waals surface area (Å²) in [4.78, 5) is 4.61. The number of hydrogen-bond donors (Lipinski definition) is 2. The monoisotopic (exact) mass is 413 g/mol. The summed E-state index contributed by atoms with van der Waals surface area (Å²) in [5.41, 5.74) is 2.48. The van der Waals surface area contributed by atoms with Gasteiger partial charge < -0.3 is 15.1 Å². The van der Waals surface area contributed by atoms with Gasteiger partial charge in [-0.25, -0.2) is 4.99 Å². The van der Waals surface area contributed by atoms with Gasteiger partial charge in [-0.2, -0.15) is 0 Å². The van der Waals surface area contributed by atoms with Gasteiger partial charge in [0, 0.05) is 19.5 Å². The van der Waals surface area contributed by atoms with E-state index in [9.17, 15) is 0 Å². The number of aliphatic imine (C=N–C) groups is 1. The second-order valence-corrected chi connectivity index (χ2v) is 4.94. The topological polar surface area (TPSA) is 49.6 Å². The molecule has 2 N–H and O–H groups in total. The highest BCUT2D eigenvalue weighted by Crippen LogP contribution is 2.05. The third-order valence-electron chi connectivity index (χ3n) is 3.09. The molecule has 0 atom stereocenters. The van der Waals surface area contributed by atoms with E-state index in [0.717, 1.165) is 31.2 Å². The van der Waals surface area contributed by atoms with Crippen LogP contribution in [0, 0.1) is 6.92 Å². The fourth-order valence-electron chi connectivity index (χ4n) is 2.08. The Morgan fingerprint density at radius 1 is 1.18 bits per heavy atom. The molecule has 1 aromatic heterocycles. The van der Waals surface area contributed by atoms with E-state index in [1.807, 2.05) is 12.1 Å². The van der Waals surface area contributed by atoms with Gasteiger partial charge in [-0.05, 0) is 31.5 Å². The third kappa shape index (κ3) is 6.51. The molecule has 0 unspecified atom stereocenters. The van der Waals surface area contributed by atoms with Crippen molar-refractivity contribution < 1.29 is 4.42 Å². The summed E-state index contributed by atoms with van der Waals surface area (Å²) in [7, 11) is 0. The van der Waals surface area contributed by atoms with Crippen LogP contribution in [-0.4, -0.2) is 19.0 Å². The van der Waals surface area contributed by atoms with Crippen molar-refractivity contribution in [2.24, 2.45) is 4.99 Å². The molecular formula is C17H24IN3O. The van der Waals surface area contributed by atoms with Gasteiger partial charge in [-0.1, -0.05) is 29.8 Å². The van der Waals surface area contributed by atoms with Gasteiger partial charge in [0.05, 0.1) is 12.8 Å². The van der Waals surface area contributed by atoms with Crippen LogP contribution in [0.2, 0.25) is 0 Å². The molecule has 0 spiro atoms. The zero-order valence-corrected chi connectivity index (χ0v) is 15.5. The highest BCUT2D eigenvalue weighted by Gasteiger charge is 1.99. The smallest absolute Gasteiger partial charge is 0.191 e. The van der Waals surface area contributed by atoms with E-state index < -0.39 is 0 Å². The van der Waals surface area contributed by atoms with Crippen molar-refractivity contribution >= 4 is 29.9 Å². The number of benzene rings is 1. The molecule has 4 nitrogen and oxygen atoms in total. The van der Waals surface area contributed by atoms with Crippen LogP contribution in [0.25, 0.3) is 0 Å². The molecule has 0 bridgehead atoms. The Hall–Kier alpha value is -1.50. The molecule has 0 fully saturated rings. The Labute approximate surface area is 149 Å². The van der Waals surface area contributed by atoms with Crippen molar-refractivity contribution in [3.8, 4) is 0 Å². The Kier molecular flexibility index (Phi) is 8.65. The van der Waals surface area contributed by atoms with Crippen molar-refractivity contribution in [2.75, 3.05) is 13.1 Å². The van der Waals surface area contributed by atoms with Crippen molar-refractivity contribution in [3.63, 3.8) is 0 Å². The van der Waals surface area contributed by atoms with E-state index in [4.69, 9.17) is 4.42 Å². The lowest BCUT2D eigenvalue weighted by molar-refractivity contribution is 0.507. The van der Waals surface area contributed by atoms with Gasteiger partial charge in [0.1, 0.15) is 5.76 Å². The first-order chi connectivity index (χ1) is 10.3. The highest BCUT2D eigenvalue weighted by atomic mass is 127. The van der Waals surface area contributed by atoms with Gasteiger partial charge in [0.2, 0.25) is 0 Å². The molecule has 0 saturated carbocycles. The normalized spacial score (nSPS) is 10.9. The Morgan fingerprint density at radius 2 is 2.05 bits per heavy atom. The van der Waals surface area contributed by atoms with Crippen LogP contribution in [0.5, 0.6) is 0 Å². The summed E-state index contributed by atoms with van der Waals surface area (Å²) in [6.07, 6.45) is 2.55. The lowest BCUT2D eigenvalue weighted by Crippen LogP contribution is -2.38. The maximum atomic E-state index is 5.32. The molecule has 22 heavy (non-hydrogen) atoms. The number of nitrogens with one attached hydrogen (secondary N) is 2. The van der Waals surface area contributed by atoms with Gasteiger partial charge in [0.15, 0.2) is 5.96 Å². The summed E-state index contributed by atoms with van der Waals surface area (Å²) < 4.78 is 5.32. The average Bonchev–Trinajstić information content (AvgIpc) is 2.98. The standard InChI is InChI=1S/C17H23N3O.HI/c1-3-18-17(19-10-9-16-8-5-11-21-16)20-13-15-7-4-6-14(2)12-15;/h4-8,11-12H,3,9-10,13H2,1-2H3,(H2,18,19,20);1H. The minimum atomic E-state index is 0. The van der Waals surface area contributed by atoms with Crippen LogP contribution < -0.4 is 10.6 Å². The minimum Gasteiger partial charge on any atom is -0.469 e. The lowest BCUT2D eigenvalue weighted by atomic mass is 10.1. The van der Waals surface area contributed by atoms with Gasteiger partial charge in [0.25, 0.3) is 0 Å². The fourth-order valence-corrected chi connectivity index (χ4v) is 2.08. The largest absolute Gasteiger partial charge is 0.469 e. The summed E-state index contributed by atoms with van der Waals surface area (Å²) in [5.74, 6) is 1.82. The summed E-state index contributed by atoms with van der Waals surface area (Å²) >= 11 is 0. The minimum absolute atomic E-state index is 0. The predicted octanol–water partition coefficient (Wildman–Crippen LogP) is 3.50. The summed E-state index contributed by atoms with van der Waals surface area (Å²) in [5, 5.41) is 6.58. The predicted molar refractivity (Wildman–Crippen MR) is 102 cm³/mol. The third-order valence-corrected chi connectivity index (χ3v) is 3.09. The number of aryl methyl sites for hydroxylation is 1. The van der Waals surface area contributed by atoms with Crippen LogP contribution in [0.15, 0.2) is 52.1 Å². The Bertz CT molecular complexity index is 567. The van der Waals surface area contributed by atoms with Crippen molar-refractivity contribution in [1.82, 2.24) is 10.6 Å². The maximum absolute atomic E-state index is 5.32. The van der Waals surface area contributed by atoms with Crippen LogP contribution >= 0.6 is 24.0 Å². The number of hydrogen-bond acceptors (Lipinski definition) is 2. The Balaban J connectivity index is 0.00000242. The van der Waals surface area contributed by atoms with E-state index in [1.54, 1.807) is 6.26 Å². The second-order valence-electron chi connectivity index (χ2n) is 4.94. The zero-order valence-electron chi connectivity index (χ0n) is 13.1. The molecule has 0 aliphatic carbocycles. The van der Waals surface area contributed by atoms with Gasteiger partial charge in [-0.15, -0.1) is 24.0 Å². The molecule has 0 aliphatic rings. The second kappa shape index (κ2) is 10.3. The fraction of sp³-hybridized carbons (Fsp3) is 0.353. The van der Waals surface area contributed by atoms with E-state index in [2.05, 4.69) is 53.7 Å².